The van der Waals surface area contributed by atoms with Gasteiger partial charge in [-0.15, -0.1) is 13.2 Å². The van der Waals surface area contributed by atoms with E-state index in [4.69, 9.17) is 0 Å². The lowest BCUT2D eigenvalue weighted by Crippen LogP contribution is -2.48. The zero-order chi connectivity index (χ0) is 25.3. The van der Waals surface area contributed by atoms with Gasteiger partial charge in [0, 0.05) is 55.3 Å². The minimum atomic E-state index is -4.82. The van der Waals surface area contributed by atoms with Crippen LogP contribution in [0.1, 0.15) is 37.8 Å². The third kappa shape index (κ3) is 5.17. The summed E-state index contributed by atoms with van der Waals surface area (Å²) in [6.45, 7) is 1.24. The quantitative estimate of drug-likeness (QED) is 0.431. The first kappa shape index (κ1) is 23.4. The maximum absolute atomic E-state index is 12.6. The minimum absolute atomic E-state index is 0.0851. The number of likely N-dealkylation sites (tertiary alicyclic amines) is 1. The van der Waals surface area contributed by atoms with Crippen molar-refractivity contribution in [2.75, 3.05) is 13.1 Å². The van der Waals surface area contributed by atoms with Crippen LogP contribution in [0.4, 0.5) is 13.2 Å². The second-order valence-corrected chi connectivity index (χ2v) is 8.52. The van der Waals surface area contributed by atoms with Crippen molar-refractivity contribution >= 4 is 17.5 Å². The number of hydrogen-bond donors (Lipinski definition) is 1. The third-order valence-electron chi connectivity index (χ3n) is 6.04. The van der Waals surface area contributed by atoms with Gasteiger partial charge in [0.2, 0.25) is 0 Å². The van der Waals surface area contributed by atoms with Crippen LogP contribution in [0.5, 0.6) is 5.75 Å². The van der Waals surface area contributed by atoms with Crippen LogP contribution < -0.4 is 10.1 Å². The summed E-state index contributed by atoms with van der Waals surface area (Å²) >= 11 is 0. The molecule has 1 saturated heterocycles. The number of hydrogen-bond acceptors (Lipinski definition) is 4. The van der Waals surface area contributed by atoms with Gasteiger partial charge in [0.15, 0.2) is 0 Å². The van der Waals surface area contributed by atoms with Gasteiger partial charge in [-0.1, -0.05) is 18.2 Å². The molecule has 4 aromatic rings. The number of carbonyl (C=O) groups excluding carboxylic acids is 2. The minimum Gasteiger partial charge on any atom is -0.406 e. The Morgan fingerprint density at radius 2 is 1.78 bits per heavy atom. The van der Waals surface area contributed by atoms with Crippen LogP contribution in [0.15, 0.2) is 79.3 Å². The molecule has 184 valence electrons. The molecule has 1 aliphatic heterocycles. The van der Waals surface area contributed by atoms with Gasteiger partial charge in [0.1, 0.15) is 11.4 Å². The number of carbonyl (C=O) groups is 2. The molecule has 10 heteroatoms. The van der Waals surface area contributed by atoms with E-state index in [-0.39, 0.29) is 23.3 Å². The van der Waals surface area contributed by atoms with Gasteiger partial charge >= 0.3 is 6.36 Å². The maximum atomic E-state index is 12.6. The smallest absolute Gasteiger partial charge is 0.406 e. The van der Waals surface area contributed by atoms with E-state index in [1.807, 2.05) is 41.1 Å². The molecule has 7 nitrogen and oxygen atoms in total. The van der Waals surface area contributed by atoms with Gasteiger partial charge in [-0.25, -0.2) is 4.98 Å². The monoisotopic (exact) mass is 494 g/mol. The average Bonchev–Trinajstić information content (AvgIpc) is 3.29. The van der Waals surface area contributed by atoms with E-state index in [0.717, 1.165) is 28.9 Å². The number of ether oxygens (including phenoxy) is 1. The number of nitrogens with one attached hydrogen (secondary N) is 1. The Morgan fingerprint density at radius 1 is 1.00 bits per heavy atom. The predicted octanol–water partition coefficient (Wildman–Crippen LogP) is 4.40. The molecule has 3 heterocycles. The van der Waals surface area contributed by atoms with Crippen molar-refractivity contribution < 1.29 is 27.5 Å². The fourth-order valence-corrected chi connectivity index (χ4v) is 4.12. The second-order valence-electron chi connectivity index (χ2n) is 8.52. The molecule has 0 radical (unpaired) electrons. The van der Waals surface area contributed by atoms with E-state index in [2.05, 4.69) is 15.0 Å². The number of rotatable bonds is 6. The number of fused-ring (bicyclic) bond motifs is 1. The molecule has 2 amide bonds. The first-order chi connectivity index (χ1) is 17.2. The number of imidazole rings is 1. The standard InChI is InChI=1S/C26H21F3N4O3/c27-26(28,29)36-22-3-1-2-20(13-22)25(35)33-15-21(16-33)18-4-6-19(7-5-18)24(34)31-14-17-8-10-32-11-9-30-23(32)12-17/h1-13,21H,14-16H2,(H,31,34). The molecular formula is C26H21F3N4O3. The summed E-state index contributed by atoms with van der Waals surface area (Å²) in [6.07, 6.45) is 0.628. The molecule has 2 aromatic carbocycles. The van der Waals surface area contributed by atoms with E-state index in [1.54, 1.807) is 23.2 Å². The summed E-state index contributed by atoms with van der Waals surface area (Å²) in [5.41, 5.74) is 3.38. The van der Waals surface area contributed by atoms with Gasteiger partial charge in [-0.2, -0.15) is 0 Å². The molecule has 36 heavy (non-hydrogen) atoms. The SMILES string of the molecule is O=C(NCc1ccn2ccnc2c1)c1ccc(C2CN(C(=O)c3cccc(OC(F)(F)F)c3)C2)cc1. The predicted molar refractivity (Wildman–Crippen MR) is 125 cm³/mol. The first-order valence-corrected chi connectivity index (χ1v) is 11.2. The van der Waals surface area contributed by atoms with E-state index >= 15 is 0 Å². The van der Waals surface area contributed by atoms with Gasteiger partial charge < -0.3 is 19.4 Å². The Kier molecular flexibility index (Phi) is 6.09. The Morgan fingerprint density at radius 3 is 2.53 bits per heavy atom. The van der Waals surface area contributed by atoms with Crippen molar-refractivity contribution in [1.29, 1.82) is 0 Å². The molecular weight excluding hydrogens is 473 g/mol. The van der Waals surface area contributed by atoms with Crippen molar-refractivity contribution in [1.82, 2.24) is 19.6 Å². The number of aromatic nitrogens is 2. The second kappa shape index (κ2) is 9.37. The highest BCUT2D eigenvalue weighted by molar-refractivity contribution is 5.95. The number of pyridine rings is 1. The van der Waals surface area contributed by atoms with Crippen LogP contribution in [-0.2, 0) is 6.54 Å². The first-order valence-electron chi connectivity index (χ1n) is 11.2. The highest BCUT2D eigenvalue weighted by atomic mass is 19.4. The van der Waals surface area contributed by atoms with Crippen molar-refractivity contribution in [3.63, 3.8) is 0 Å². The van der Waals surface area contributed by atoms with E-state index in [0.29, 0.717) is 25.2 Å². The highest BCUT2D eigenvalue weighted by Crippen LogP contribution is 2.30. The molecule has 0 spiro atoms. The molecule has 0 unspecified atom stereocenters. The van der Waals surface area contributed by atoms with Crippen LogP contribution in [0.2, 0.25) is 0 Å². The lowest BCUT2D eigenvalue weighted by Gasteiger charge is -2.39. The van der Waals surface area contributed by atoms with Crippen molar-refractivity contribution in [2.45, 2.75) is 18.8 Å². The zero-order valence-electron chi connectivity index (χ0n) is 18.9. The molecule has 0 atom stereocenters. The molecule has 0 bridgehead atoms. The van der Waals surface area contributed by atoms with Crippen LogP contribution in [0.25, 0.3) is 5.65 Å². The van der Waals surface area contributed by atoms with Gasteiger partial charge in [-0.3, -0.25) is 9.59 Å². The van der Waals surface area contributed by atoms with Crippen LogP contribution in [0, 0.1) is 0 Å². The topological polar surface area (TPSA) is 75.9 Å². The molecule has 2 aromatic heterocycles. The summed E-state index contributed by atoms with van der Waals surface area (Å²) in [5, 5.41) is 2.90. The van der Waals surface area contributed by atoms with E-state index in [1.165, 1.54) is 12.1 Å². The molecule has 0 aliphatic carbocycles. The van der Waals surface area contributed by atoms with E-state index < -0.39 is 12.1 Å². The summed E-state index contributed by atoms with van der Waals surface area (Å²) in [4.78, 5) is 31.0. The van der Waals surface area contributed by atoms with Crippen molar-refractivity contribution in [3.8, 4) is 5.75 Å². The number of halogens is 3. The van der Waals surface area contributed by atoms with E-state index in [9.17, 15) is 22.8 Å². The Balaban J connectivity index is 1.14. The third-order valence-corrected chi connectivity index (χ3v) is 6.04. The lowest BCUT2D eigenvalue weighted by molar-refractivity contribution is -0.274. The molecule has 5 rings (SSSR count). The largest absolute Gasteiger partial charge is 0.573 e. The zero-order valence-corrected chi connectivity index (χ0v) is 18.9. The molecule has 1 N–H and O–H groups in total. The Hall–Kier alpha value is -4.34. The molecule has 1 aliphatic rings. The lowest BCUT2D eigenvalue weighted by atomic mass is 9.90. The van der Waals surface area contributed by atoms with Gasteiger partial charge in [-0.05, 0) is 53.6 Å². The van der Waals surface area contributed by atoms with Gasteiger partial charge in [0.05, 0.1) is 0 Å². The number of nitrogens with zero attached hydrogens (tertiary/aromatic N) is 3. The van der Waals surface area contributed by atoms with Crippen LogP contribution >= 0.6 is 0 Å². The van der Waals surface area contributed by atoms with Crippen LogP contribution in [0.3, 0.4) is 0 Å². The number of amides is 2. The summed E-state index contributed by atoms with van der Waals surface area (Å²) in [6, 6.07) is 16.1. The summed E-state index contributed by atoms with van der Waals surface area (Å²) < 4.78 is 43.1. The number of alkyl halides is 3. The Bertz CT molecular complexity index is 1410. The average molecular weight is 494 g/mol. The van der Waals surface area contributed by atoms with Crippen LogP contribution in [-0.4, -0.2) is 45.6 Å². The normalized spacial score (nSPS) is 13.9. The Labute approximate surface area is 204 Å². The summed E-state index contributed by atoms with van der Waals surface area (Å²) in [5.74, 6) is -0.900. The molecule has 0 saturated carbocycles. The maximum Gasteiger partial charge on any atom is 0.573 e. The fourth-order valence-electron chi connectivity index (χ4n) is 4.12. The van der Waals surface area contributed by atoms with Crippen molar-refractivity contribution in [2.24, 2.45) is 0 Å². The summed E-state index contributed by atoms with van der Waals surface area (Å²) in [7, 11) is 0. The van der Waals surface area contributed by atoms with Gasteiger partial charge in [0.25, 0.3) is 11.8 Å². The molecule has 1 fully saturated rings. The fraction of sp³-hybridized carbons (Fsp3) is 0.192. The number of benzene rings is 2. The van der Waals surface area contributed by atoms with Crippen molar-refractivity contribution in [3.05, 3.63) is 102 Å². The highest BCUT2D eigenvalue weighted by Gasteiger charge is 2.34.